The molecule has 2 nitrogen and oxygen atoms in total. The molecule has 2 rings (SSSR count). The lowest BCUT2D eigenvalue weighted by Crippen LogP contribution is -1.91. The van der Waals surface area contributed by atoms with E-state index in [0.717, 1.165) is 11.1 Å². The number of hydrogen-bond acceptors (Lipinski definition) is 2. The van der Waals surface area contributed by atoms with Gasteiger partial charge in [-0.2, -0.15) is 0 Å². The molecule has 0 saturated heterocycles. The van der Waals surface area contributed by atoms with Gasteiger partial charge in [0, 0.05) is 12.5 Å². The van der Waals surface area contributed by atoms with E-state index in [0.29, 0.717) is 12.3 Å². The minimum Gasteiger partial charge on any atom is -0.508 e. The third-order valence-corrected chi connectivity index (χ3v) is 3.11. The molecule has 0 radical (unpaired) electrons. The molecule has 0 aliphatic heterocycles. The normalized spacial score (nSPS) is 10.8. The van der Waals surface area contributed by atoms with Gasteiger partial charge in [0.25, 0.3) is 0 Å². The summed E-state index contributed by atoms with van der Waals surface area (Å²) >= 11 is 0. The molecule has 2 heteroatoms. The lowest BCUT2D eigenvalue weighted by molar-refractivity contribution is 0.447. The molecule has 0 saturated carbocycles. The van der Waals surface area contributed by atoms with Crippen molar-refractivity contribution in [2.75, 3.05) is 0 Å². The van der Waals surface area contributed by atoms with Crippen LogP contribution in [0.25, 0.3) is 0 Å². The molecule has 18 heavy (non-hydrogen) atoms. The number of phenols is 2. The van der Waals surface area contributed by atoms with Crippen LogP contribution in [0.2, 0.25) is 0 Å². The van der Waals surface area contributed by atoms with E-state index in [2.05, 4.69) is 38.1 Å². The predicted molar refractivity (Wildman–Crippen MR) is 73.1 cm³/mol. The molecule has 0 aliphatic carbocycles. The van der Waals surface area contributed by atoms with Gasteiger partial charge in [0.05, 0.1) is 0 Å². The molecule has 0 heterocycles. The molecule has 0 spiro atoms. The molecule has 0 amide bonds. The molecule has 2 aromatic carbocycles. The Morgan fingerprint density at radius 1 is 0.944 bits per heavy atom. The highest BCUT2D eigenvalue weighted by molar-refractivity contribution is 5.42. The zero-order valence-electron chi connectivity index (χ0n) is 10.7. The Labute approximate surface area is 108 Å². The highest BCUT2D eigenvalue weighted by Crippen LogP contribution is 2.25. The maximum atomic E-state index is 9.74. The Morgan fingerprint density at radius 3 is 2.17 bits per heavy atom. The Bertz CT molecular complexity index is 527. The molecular formula is C16H18O2. The van der Waals surface area contributed by atoms with E-state index < -0.39 is 0 Å². The molecule has 2 N–H and O–H groups in total. The summed E-state index contributed by atoms with van der Waals surface area (Å²) in [7, 11) is 0. The molecule has 0 aliphatic rings. The van der Waals surface area contributed by atoms with E-state index in [-0.39, 0.29) is 11.5 Å². The Kier molecular flexibility index (Phi) is 3.56. The number of hydrogen-bond donors (Lipinski definition) is 2. The van der Waals surface area contributed by atoms with Crippen molar-refractivity contribution in [3.8, 4) is 11.5 Å². The van der Waals surface area contributed by atoms with Gasteiger partial charge in [0.15, 0.2) is 0 Å². The van der Waals surface area contributed by atoms with Crippen molar-refractivity contribution >= 4 is 0 Å². The first-order chi connectivity index (χ1) is 8.56. The average molecular weight is 242 g/mol. The van der Waals surface area contributed by atoms with Crippen molar-refractivity contribution < 1.29 is 10.2 Å². The minimum atomic E-state index is 0.0893. The van der Waals surface area contributed by atoms with Crippen LogP contribution in [0.3, 0.4) is 0 Å². The van der Waals surface area contributed by atoms with Gasteiger partial charge in [-0.3, -0.25) is 0 Å². The van der Waals surface area contributed by atoms with E-state index in [1.165, 1.54) is 11.6 Å². The summed E-state index contributed by atoms with van der Waals surface area (Å²) in [6.45, 7) is 4.33. The third-order valence-electron chi connectivity index (χ3n) is 3.11. The SMILES string of the molecule is CC(C)c1ccc(Cc2ccc(O)cc2O)cc1. The standard InChI is InChI=1S/C16H18O2/c1-11(2)13-5-3-12(4-6-13)9-14-7-8-15(17)10-16(14)18/h3-8,10-11,17-18H,9H2,1-2H3. The fraction of sp³-hybridized carbons (Fsp3) is 0.250. The Balaban J connectivity index is 2.18. The Hall–Kier alpha value is -1.96. The van der Waals surface area contributed by atoms with Gasteiger partial charge < -0.3 is 10.2 Å². The highest BCUT2D eigenvalue weighted by Gasteiger charge is 2.04. The fourth-order valence-electron chi connectivity index (χ4n) is 1.94. The number of benzene rings is 2. The summed E-state index contributed by atoms with van der Waals surface area (Å²) in [5.41, 5.74) is 3.29. The number of aromatic hydroxyl groups is 2. The number of rotatable bonds is 3. The van der Waals surface area contributed by atoms with Crippen LogP contribution < -0.4 is 0 Å². The van der Waals surface area contributed by atoms with Gasteiger partial charge in [-0.1, -0.05) is 44.2 Å². The topological polar surface area (TPSA) is 40.5 Å². The van der Waals surface area contributed by atoms with Crippen molar-refractivity contribution in [3.63, 3.8) is 0 Å². The first kappa shape index (κ1) is 12.5. The summed E-state index contributed by atoms with van der Waals surface area (Å²) < 4.78 is 0. The molecule has 0 bridgehead atoms. The summed E-state index contributed by atoms with van der Waals surface area (Å²) in [4.78, 5) is 0. The molecule has 94 valence electrons. The highest BCUT2D eigenvalue weighted by atomic mass is 16.3. The maximum Gasteiger partial charge on any atom is 0.122 e. The maximum absolute atomic E-state index is 9.74. The molecule has 0 aromatic heterocycles. The van der Waals surface area contributed by atoms with Crippen LogP contribution in [0.5, 0.6) is 11.5 Å². The largest absolute Gasteiger partial charge is 0.508 e. The van der Waals surface area contributed by atoms with E-state index in [1.807, 2.05) is 0 Å². The van der Waals surface area contributed by atoms with Crippen molar-refractivity contribution in [2.24, 2.45) is 0 Å². The summed E-state index contributed by atoms with van der Waals surface area (Å²) in [6, 6.07) is 13.1. The van der Waals surface area contributed by atoms with Crippen molar-refractivity contribution in [1.82, 2.24) is 0 Å². The quantitative estimate of drug-likeness (QED) is 0.859. The monoisotopic (exact) mass is 242 g/mol. The van der Waals surface area contributed by atoms with Crippen LogP contribution in [0.1, 0.15) is 36.5 Å². The van der Waals surface area contributed by atoms with Crippen LogP contribution in [0.4, 0.5) is 0 Å². The predicted octanol–water partition coefficient (Wildman–Crippen LogP) is 3.81. The smallest absolute Gasteiger partial charge is 0.122 e. The Morgan fingerprint density at radius 2 is 1.61 bits per heavy atom. The van der Waals surface area contributed by atoms with Crippen molar-refractivity contribution in [3.05, 3.63) is 59.2 Å². The molecule has 0 unspecified atom stereocenters. The van der Waals surface area contributed by atoms with E-state index >= 15 is 0 Å². The molecular weight excluding hydrogens is 224 g/mol. The molecule has 0 fully saturated rings. The van der Waals surface area contributed by atoms with Gasteiger partial charge in [-0.05, 0) is 28.7 Å². The zero-order valence-corrected chi connectivity index (χ0v) is 10.7. The van der Waals surface area contributed by atoms with Gasteiger partial charge >= 0.3 is 0 Å². The first-order valence-corrected chi connectivity index (χ1v) is 6.16. The van der Waals surface area contributed by atoms with Gasteiger partial charge in [-0.25, -0.2) is 0 Å². The summed E-state index contributed by atoms with van der Waals surface area (Å²) in [5.74, 6) is 0.760. The lowest BCUT2D eigenvalue weighted by Gasteiger charge is -2.08. The van der Waals surface area contributed by atoms with Crippen LogP contribution in [0, 0.1) is 0 Å². The van der Waals surface area contributed by atoms with Crippen LogP contribution in [-0.4, -0.2) is 10.2 Å². The van der Waals surface area contributed by atoms with Crippen molar-refractivity contribution in [1.29, 1.82) is 0 Å². The van der Waals surface area contributed by atoms with Gasteiger partial charge in [0.2, 0.25) is 0 Å². The van der Waals surface area contributed by atoms with E-state index in [1.54, 1.807) is 12.1 Å². The zero-order chi connectivity index (χ0) is 13.1. The fourth-order valence-corrected chi connectivity index (χ4v) is 1.94. The molecule has 2 aromatic rings. The van der Waals surface area contributed by atoms with Crippen LogP contribution in [0.15, 0.2) is 42.5 Å². The summed E-state index contributed by atoms with van der Waals surface area (Å²) in [5, 5.41) is 19.0. The summed E-state index contributed by atoms with van der Waals surface area (Å²) in [6.07, 6.45) is 0.671. The van der Waals surface area contributed by atoms with E-state index in [9.17, 15) is 10.2 Å². The van der Waals surface area contributed by atoms with Crippen LogP contribution >= 0.6 is 0 Å². The van der Waals surface area contributed by atoms with Crippen molar-refractivity contribution in [2.45, 2.75) is 26.2 Å². The van der Waals surface area contributed by atoms with E-state index in [4.69, 9.17) is 0 Å². The van der Waals surface area contributed by atoms with Gasteiger partial charge in [0.1, 0.15) is 11.5 Å². The first-order valence-electron chi connectivity index (χ1n) is 6.16. The average Bonchev–Trinajstić information content (AvgIpc) is 2.33. The lowest BCUT2D eigenvalue weighted by atomic mass is 9.98. The molecule has 0 atom stereocenters. The second-order valence-corrected chi connectivity index (χ2v) is 4.89. The van der Waals surface area contributed by atoms with Gasteiger partial charge in [-0.15, -0.1) is 0 Å². The number of phenolic OH excluding ortho intramolecular Hbond substituents is 2. The second-order valence-electron chi connectivity index (χ2n) is 4.89. The third kappa shape index (κ3) is 2.83. The second kappa shape index (κ2) is 5.13. The minimum absolute atomic E-state index is 0.0893. The van der Waals surface area contributed by atoms with Crippen LogP contribution in [-0.2, 0) is 6.42 Å².